The number of rotatable bonds is 5. The maximum absolute atomic E-state index is 13.7. The fourth-order valence-corrected chi connectivity index (χ4v) is 4.58. The van der Waals surface area contributed by atoms with Gasteiger partial charge in [0.2, 0.25) is 18.3 Å². The number of hydrogen-bond donors (Lipinski definition) is 1. The van der Waals surface area contributed by atoms with E-state index in [-0.39, 0.29) is 18.5 Å². The summed E-state index contributed by atoms with van der Waals surface area (Å²) in [5, 5.41) is 2.94. The highest BCUT2D eigenvalue weighted by atomic mass is 16.7. The average molecular weight is 465 g/mol. The molecule has 0 aliphatic carbocycles. The molecule has 0 spiro atoms. The lowest BCUT2D eigenvalue weighted by Gasteiger charge is -2.20. The van der Waals surface area contributed by atoms with Crippen LogP contribution in [-0.2, 0) is 16.0 Å². The van der Waals surface area contributed by atoms with Crippen molar-refractivity contribution in [3.8, 4) is 17.2 Å². The quantitative estimate of drug-likeness (QED) is 0.677. The third kappa shape index (κ3) is 3.98. The van der Waals surface area contributed by atoms with Crippen molar-refractivity contribution in [3.05, 3.63) is 52.2 Å². The number of ketones is 1. The van der Waals surface area contributed by atoms with E-state index in [4.69, 9.17) is 18.9 Å². The number of nitrogens with zero attached hydrogens (tertiary/aromatic N) is 1. The van der Waals surface area contributed by atoms with E-state index in [1.807, 2.05) is 37.1 Å². The summed E-state index contributed by atoms with van der Waals surface area (Å²) in [6.07, 6.45) is 3.73. The molecule has 1 amide bonds. The molecule has 1 atom stereocenters. The summed E-state index contributed by atoms with van der Waals surface area (Å²) in [4.78, 5) is 28.2. The molecule has 3 heterocycles. The SMILES string of the molecule is COc1c2c(cc3c1OCO3)CCN(C)C(C(=O)c1ccc(C)c(NC(=O)[C@H]3CCCO3)c1)=C2. The van der Waals surface area contributed by atoms with Crippen molar-refractivity contribution in [3.63, 3.8) is 0 Å². The maximum atomic E-state index is 13.7. The fraction of sp³-hybridized carbons (Fsp3) is 0.385. The Labute approximate surface area is 198 Å². The Bertz CT molecular complexity index is 1180. The molecule has 34 heavy (non-hydrogen) atoms. The summed E-state index contributed by atoms with van der Waals surface area (Å²) in [5.41, 5.74) is 4.38. The van der Waals surface area contributed by atoms with Crippen LogP contribution in [-0.4, -0.2) is 56.8 Å². The van der Waals surface area contributed by atoms with Crippen LogP contribution in [0.3, 0.4) is 0 Å². The second-order valence-corrected chi connectivity index (χ2v) is 8.77. The predicted octanol–water partition coefficient (Wildman–Crippen LogP) is 3.56. The number of fused-ring (bicyclic) bond motifs is 2. The first-order valence-electron chi connectivity index (χ1n) is 11.5. The van der Waals surface area contributed by atoms with Crippen molar-refractivity contribution < 1.29 is 28.5 Å². The van der Waals surface area contributed by atoms with Crippen LogP contribution >= 0.6 is 0 Å². The molecular formula is C26H28N2O6. The number of methoxy groups -OCH3 is 1. The van der Waals surface area contributed by atoms with E-state index < -0.39 is 6.10 Å². The van der Waals surface area contributed by atoms with E-state index in [2.05, 4.69) is 5.32 Å². The third-order valence-corrected chi connectivity index (χ3v) is 6.57. The van der Waals surface area contributed by atoms with Gasteiger partial charge in [-0.05, 0) is 55.5 Å². The lowest BCUT2D eigenvalue weighted by Crippen LogP contribution is -2.27. The molecule has 8 nitrogen and oxygen atoms in total. The number of aryl methyl sites for hydroxylation is 1. The average Bonchev–Trinajstić information content (AvgIpc) is 3.51. The van der Waals surface area contributed by atoms with Crippen LogP contribution in [0, 0.1) is 6.92 Å². The first-order chi connectivity index (χ1) is 16.5. The van der Waals surface area contributed by atoms with Crippen LogP contribution in [0.2, 0.25) is 0 Å². The zero-order valence-corrected chi connectivity index (χ0v) is 19.6. The zero-order valence-electron chi connectivity index (χ0n) is 19.6. The lowest BCUT2D eigenvalue weighted by molar-refractivity contribution is -0.124. The van der Waals surface area contributed by atoms with Gasteiger partial charge in [-0.15, -0.1) is 0 Å². The molecule has 178 valence electrons. The molecule has 3 aliphatic heterocycles. The Morgan fingerprint density at radius 1 is 1.21 bits per heavy atom. The van der Waals surface area contributed by atoms with Gasteiger partial charge < -0.3 is 29.2 Å². The Kier molecular flexibility index (Phi) is 5.91. The predicted molar refractivity (Wildman–Crippen MR) is 127 cm³/mol. The van der Waals surface area contributed by atoms with Crippen molar-refractivity contribution >= 4 is 23.5 Å². The summed E-state index contributed by atoms with van der Waals surface area (Å²) in [5.74, 6) is 1.47. The number of likely N-dealkylation sites (N-methyl/N-ethyl adjacent to an activating group) is 1. The van der Waals surface area contributed by atoms with E-state index in [0.29, 0.717) is 53.8 Å². The summed E-state index contributed by atoms with van der Waals surface area (Å²) >= 11 is 0. The van der Waals surface area contributed by atoms with Gasteiger partial charge in [0.05, 0.1) is 12.8 Å². The minimum absolute atomic E-state index is 0.136. The van der Waals surface area contributed by atoms with Crippen molar-refractivity contribution in [1.82, 2.24) is 4.90 Å². The number of Topliss-reactive ketones (excluding diaryl/α,β-unsaturated/α-hetero) is 1. The molecule has 2 aromatic carbocycles. The summed E-state index contributed by atoms with van der Waals surface area (Å²) in [7, 11) is 3.49. The molecule has 1 fully saturated rings. The molecule has 0 unspecified atom stereocenters. The number of carbonyl (C=O) groups excluding carboxylic acids is 2. The van der Waals surface area contributed by atoms with Gasteiger partial charge in [-0.25, -0.2) is 0 Å². The molecule has 1 saturated heterocycles. The largest absolute Gasteiger partial charge is 0.492 e. The molecule has 0 aromatic heterocycles. The lowest BCUT2D eigenvalue weighted by atomic mass is 10.00. The van der Waals surface area contributed by atoms with Gasteiger partial charge in [-0.1, -0.05) is 12.1 Å². The molecule has 0 saturated carbocycles. The molecule has 8 heteroatoms. The third-order valence-electron chi connectivity index (χ3n) is 6.57. The number of amides is 1. The Morgan fingerprint density at radius 2 is 2.06 bits per heavy atom. The Hall–Kier alpha value is -3.52. The van der Waals surface area contributed by atoms with Gasteiger partial charge in [0.15, 0.2) is 11.5 Å². The highest BCUT2D eigenvalue weighted by Gasteiger charge is 2.29. The van der Waals surface area contributed by atoms with Gasteiger partial charge in [-0.2, -0.15) is 0 Å². The number of benzene rings is 2. The van der Waals surface area contributed by atoms with Crippen molar-refractivity contribution in [2.75, 3.05) is 39.4 Å². The van der Waals surface area contributed by atoms with E-state index in [9.17, 15) is 9.59 Å². The van der Waals surface area contributed by atoms with E-state index >= 15 is 0 Å². The standard InChI is InChI=1S/C26H28N2O6/c1-15-6-7-17(11-19(15)27-26(30)21-5-4-10-32-21)23(29)20-13-18-16(8-9-28(20)2)12-22-25(24(18)31-3)34-14-33-22/h6-7,11-13,21H,4-5,8-10,14H2,1-3H3,(H,27,30)/t21-/m1/s1. The van der Waals surface area contributed by atoms with Gasteiger partial charge in [-0.3, -0.25) is 9.59 Å². The number of nitrogens with one attached hydrogen (secondary N) is 1. The smallest absolute Gasteiger partial charge is 0.253 e. The van der Waals surface area contributed by atoms with Gasteiger partial charge >= 0.3 is 0 Å². The molecular weight excluding hydrogens is 436 g/mol. The van der Waals surface area contributed by atoms with Crippen LogP contribution in [0.4, 0.5) is 5.69 Å². The molecule has 0 bridgehead atoms. The summed E-state index contributed by atoms with van der Waals surface area (Å²) in [6.45, 7) is 3.30. The second kappa shape index (κ2) is 9.02. The molecule has 3 aliphatic rings. The molecule has 5 rings (SSSR count). The number of anilines is 1. The normalized spacial score (nSPS) is 18.7. The topological polar surface area (TPSA) is 86.3 Å². The van der Waals surface area contributed by atoms with Gasteiger partial charge in [0, 0.05) is 37.0 Å². The van der Waals surface area contributed by atoms with Crippen LogP contribution < -0.4 is 19.5 Å². The number of carbonyl (C=O) groups is 2. The van der Waals surface area contributed by atoms with Crippen LogP contribution in [0.25, 0.3) is 6.08 Å². The summed E-state index contributed by atoms with van der Waals surface area (Å²) in [6, 6.07) is 7.34. The number of hydrogen-bond acceptors (Lipinski definition) is 7. The van der Waals surface area contributed by atoms with Gasteiger partial charge in [0.1, 0.15) is 6.10 Å². The Morgan fingerprint density at radius 3 is 2.82 bits per heavy atom. The van der Waals surface area contributed by atoms with E-state index in [1.54, 1.807) is 19.2 Å². The second-order valence-electron chi connectivity index (χ2n) is 8.77. The zero-order chi connectivity index (χ0) is 23.8. The van der Waals surface area contributed by atoms with Crippen LogP contribution in [0.1, 0.15) is 39.9 Å². The number of ether oxygens (including phenoxy) is 4. The highest BCUT2D eigenvalue weighted by molar-refractivity contribution is 6.12. The maximum Gasteiger partial charge on any atom is 0.253 e. The first-order valence-corrected chi connectivity index (χ1v) is 11.5. The Balaban J connectivity index is 1.49. The van der Waals surface area contributed by atoms with Crippen molar-refractivity contribution in [2.24, 2.45) is 0 Å². The molecule has 0 radical (unpaired) electrons. The van der Waals surface area contributed by atoms with Gasteiger partial charge in [0.25, 0.3) is 5.91 Å². The first kappa shape index (κ1) is 22.3. The number of allylic oxidation sites excluding steroid dienone is 1. The fourth-order valence-electron chi connectivity index (χ4n) is 4.58. The van der Waals surface area contributed by atoms with E-state index in [0.717, 1.165) is 29.5 Å². The molecule has 2 aromatic rings. The van der Waals surface area contributed by atoms with Crippen molar-refractivity contribution in [2.45, 2.75) is 32.3 Å². The monoisotopic (exact) mass is 464 g/mol. The highest BCUT2D eigenvalue weighted by Crippen LogP contribution is 2.46. The minimum atomic E-state index is -0.439. The van der Waals surface area contributed by atoms with Crippen LogP contribution in [0.5, 0.6) is 17.2 Å². The van der Waals surface area contributed by atoms with E-state index in [1.165, 1.54) is 0 Å². The minimum Gasteiger partial charge on any atom is -0.492 e. The molecule has 1 N–H and O–H groups in total. The summed E-state index contributed by atoms with van der Waals surface area (Å²) < 4.78 is 22.3. The van der Waals surface area contributed by atoms with Crippen molar-refractivity contribution in [1.29, 1.82) is 0 Å². The van der Waals surface area contributed by atoms with Crippen LogP contribution in [0.15, 0.2) is 30.0 Å².